The minimum absolute atomic E-state index is 0.0433. The molecule has 0 saturated carbocycles. The molecule has 0 radical (unpaired) electrons. The van der Waals surface area contributed by atoms with Crippen LogP contribution in [0.5, 0.6) is 0 Å². The summed E-state index contributed by atoms with van der Waals surface area (Å²) >= 11 is 0. The van der Waals surface area contributed by atoms with E-state index in [1.54, 1.807) is 30.3 Å². The number of benzene rings is 2. The minimum atomic E-state index is -1.71. The van der Waals surface area contributed by atoms with Gasteiger partial charge in [-0.3, -0.25) is 0 Å². The molecule has 2 rings (SSSR count). The van der Waals surface area contributed by atoms with E-state index < -0.39 is 34.5 Å². The number of aromatic carboxylic acids is 1. The van der Waals surface area contributed by atoms with Crippen LogP contribution in [0.15, 0.2) is 41.6 Å². The Kier molecular flexibility index (Phi) is 4.77. The van der Waals surface area contributed by atoms with Gasteiger partial charge in [0.1, 0.15) is 12.4 Å². The number of rotatable bonds is 5. The van der Waals surface area contributed by atoms with Gasteiger partial charge in [0.15, 0.2) is 11.6 Å². The van der Waals surface area contributed by atoms with Crippen LogP contribution in [-0.2, 0) is 11.4 Å². The second kappa shape index (κ2) is 6.75. The average Bonchev–Trinajstić information content (AvgIpc) is 2.51. The molecule has 0 saturated heterocycles. The van der Waals surface area contributed by atoms with Gasteiger partial charge in [-0.05, 0) is 11.6 Å². The number of carboxylic acids is 1. The summed E-state index contributed by atoms with van der Waals surface area (Å²) in [6.45, 7) is 0.0433. The highest BCUT2D eigenvalue weighted by Crippen LogP contribution is 2.19. The van der Waals surface area contributed by atoms with Crippen molar-refractivity contribution in [3.05, 3.63) is 70.5 Å². The van der Waals surface area contributed by atoms with Crippen molar-refractivity contribution in [3.63, 3.8) is 0 Å². The first-order valence-corrected chi connectivity index (χ1v) is 6.10. The summed E-state index contributed by atoms with van der Waals surface area (Å²) in [5.74, 6) is -6.15. The lowest BCUT2D eigenvalue weighted by atomic mass is 10.1. The fourth-order valence-electron chi connectivity index (χ4n) is 1.67. The summed E-state index contributed by atoms with van der Waals surface area (Å²) < 4.78 is 40.5. The summed E-state index contributed by atoms with van der Waals surface area (Å²) in [6.07, 6.45) is 0.600. The van der Waals surface area contributed by atoms with Gasteiger partial charge in [0, 0.05) is 0 Å². The van der Waals surface area contributed by atoms with E-state index in [1.165, 1.54) is 0 Å². The third-order valence-electron chi connectivity index (χ3n) is 2.75. The molecule has 0 aliphatic rings. The quantitative estimate of drug-likeness (QED) is 0.523. The molecule has 0 atom stereocenters. The Bertz CT molecular complexity index is 718. The first-order chi connectivity index (χ1) is 10.5. The van der Waals surface area contributed by atoms with Crippen LogP contribution in [-0.4, -0.2) is 17.3 Å². The zero-order chi connectivity index (χ0) is 16.1. The number of hydrogen-bond donors (Lipinski definition) is 1. The monoisotopic (exact) mass is 309 g/mol. The largest absolute Gasteiger partial charge is 0.478 e. The molecule has 22 heavy (non-hydrogen) atoms. The lowest BCUT2D eigenvalue weighted by molar-refractivity contribution is 0.0691. The normalized spacial score (nSPS) is 10.9. The molecule has 0 aliphatic heterocycles. The van der Waals surface area contributed by atoms with E-state index in [-0.39, 0.29) is 12.7 Å². The van der Waals surface area contributed by atoms with Gasteiger partial charge in [-0.1, -0.05) is 35.5 Å². The molecule has 1 N–H and O–H groups in total. The molecule has 0 aromatic heterocycles. The molecular weight excluding hydrogens is 299 g/mol. The summed E-state index contributed by atoms with van der Waals surface area (Å²) in [7, 11) is 0. The van der Waals surface area contributed by atoms with E-state index >= 15 is 0 Å². The highest BCUT2D eigenvalue weighted by atomic mass is 19.2. The van der Waals surface area contributed by atoms with Gasteiger partial charge < -0.3 is 9.94 Å². The third kappa shape index (κ3) is 3.43. The topological polar surface area (TPSA) is 58.9 Å². The third-order valence-corrected chi connectivity index (χ3v) is 2.75. The molecule has 4 nitrogen and oxygen atoms in total. The van der Waals surface area contributed by atoms with E-state index in [0.29, 0.717) is 6.21 Å². The highest BCUT2D eigenvalue weighted by Gasteiger charge is 2.21. The van der Waals surface area contributed by atoms with Crippen LogP contribution in [0.4, 0.5) is 13.2 Å². The van der Waals surface area contributed by atoms with Crippen LogP contribution in [0.3, 0.4) is 0 Å². The molecule has 0 bridgehead atoms. The SMILES string of the molecule is O=C(O)c1cc(F)c(F)c(C=NOCc2ccccc2)c1F. The Morgan fingerprint density at radius 1 is 1.18 bits per heavy atom. The standard InChI is InChI=1S/C15H10F3NO3/c16-12-6-10(15(20)21)13(17)11(14(12)18)7-19-22-8-9-4-2-1-3-5-9/h1-7H,8H2,(H,20,21). The Morgan fingerprint density at radius 3 is 2.50 bits per heavy atom. The first kappa shape index (κ1) is 15.6. The molecular formula is C15H10F3NO3. The van der Waals surface area contributed by atoms with Crippen molar-refractivity contribution in [1.82, 2.24) is 0 Å². The van der Waals surface area contributed by atoms with Gasteiger partial charge in [-0.15, -0.1) is 0 Å². The number of hydrogen-bond acceptors (Lipinski definition) is 3. The second-order valence-electron chi connectivity index (χ2n) is 4.25. The molecule has 2 aromatic rings. The Labute approximate surface area is 123 Å². The van der Waals surface area contributed by atoms with Crippen LogP contribution in [0, 0.1) is 17.5 Å². The number of carboxylic acid groups (broad SMARTS) is 1. The fourth-order valence-corrected chi connectivity index (χ4v) is 1.67. The minimum Gasteiger partial charge on any atom is -0.478 e. The van der Waals surface area contributed by atoms with Crippen molar-refractivity contribution in [3.8, 4) is 0 Å². The lowest BCUT2D eigenvalue weighted by Crippen LogP contribution is -2.08. The van der Waals surface area contributed by atoms with Crippen molar-refractivity contribution in [2.24, 2.45) is 5.16 Å². The van der Waals surface area contributed by atoms with E-state index in [1.807, 2.05) is 0 Å². The summed E-state index contributed by atoms with van der Waals surface area (Å²) in [5.41, 5.74) is -1.13. The molecule has 7 heteroatoms. The lowest BCUT2D eigenvalue weighted by Gasteiger charge is -2.04. The molecule has 0 heterocycles. The van der Waals surface area contributed by atoms with E-state index in [0.717, 1.165) is 5.56 Å². The number of oxime groups is 1. The Balaban J connectivity index is 2.18. The van der Waals surface area contributed by atoms with E-state index in [2.05, 4.69) is 5.16 Å². The molecule has 0 aliphatic carbocycles. The molecule has 0 amide bonds. The summed E-state index contributed by atoms with van der Waals surface area (Å²) in [6, 6.07) is 9.12. The van der Waals surface area contributed by atoms with Crippen molar-refractivity contribution in [2.75, 3.05) is 0 Å². The zero-order valence-corrected chi connectivity index (χ0v) is 11.1. The van der Waals surface area contributed by atoms with Crippen LogP contribution >= 0.6 is 0 Å². The van der Waals surface area contributed by atoms with Crippen molar-refractivity contribution in [2.45, 2.75) is 6.61 Å². The number of nitrogens with zero attached hydrogens (tertiary/aromatic N) is 1. The van der Waals surface area contributed by atoms with Gasteiger partial charge in [-0.25, -0.2) is 18.0 Å². The van der Waals surface area contributed by atoms with Crippen molar-refractivity contribution in [1.29, 1.82) is 0 Å². The maximum absolute atomic E-state index is 13.8. The Hall–Kier alpha value is -2.83. The molecule has 114 valence electrons. The maximum atomic E-state index is 13.8. The first-order valence-electron chi connectivity index (χ1n) is 6.10. The molecule has 0 fully saturated rings. The van der Waals surface area contributed by atoms with Gasteiger partial charge in [-0.2, -0.15) is 0 Å². The molecule has 0 spiro atoms. The predicted octanol–water partition coefficient (Wildman–Crippen LogP) is 3.35. The predicted molar refractivity (Wildman–Crippen MR) is 72.1 cm³/mol. The van der Waals surface area contributed by atoms with Crippen molar-refractivity contribution < 1.29 is 27.9 Å². The average molecular weight is 309 g/mol. The maximum Gasteiger partial charge on any atom is 0.338 e. The highest BCUT2D eigenvalue weighted by molar-refractivity contribution is 5.91. The van der Waals surface area contributed by atoms with Crippen LogP contribution < -0.4 is 0 Å². The number of halogens is 3. The summed E-state index contributed by atoms with van der Waals surface area (Å²) in [4.78, 5) is 15.6. The van der Waals surface area contributed by atoms with E-state index in [4.69, 9.17) is 9.94 Å². The van der Waals surface area contributed by atoms with Crippen LogP contribution in [0.25, 0.3) is 0 Å². The van der Waals surface area contributed by atoms with Crippen LogP contribution in [0.2, 0.25) is 0 Å². The Morgan fingerprint density at radius 2 is 1.86 bits per heavy atom. The fraction of sp³-hybridized carbons (Fsp3) is 0.0667. The van der Waals surface area contributed by atoms with Crippen LogP contribution in [0.1, 0.15) is 21.5 Å². The number of carbonyl (C=O) groups is 1. The van der Waals surface area contributed by atoms with Crippen molar-refractivity contribution >= 4 is 12.2 Å². The van der Waals surface area contributed by atoms with Gasteiger partial charge >= 0.3 is 5.97 Å². The second-order valence-corrected chi connectivity index (χ2v) is 4.25. The molecule has 0 unspecified atom stereocenters. The smallest absolute Gasteiger partial charge is 0.338 e. The molecule has 2 aromatic carbocycles. The van der Waals surface area contributed by atoms with Gasteiger partial charge in [0.2, 0.25) is 0 Å². The van der Waals surface area contributed by atoms with E-state index in [9.17, 15) is 18.0 Å². The van der Waals surface area contributed by atoms with Gasteiger partial charge in [0.05, 0.1) is 17.3 Å². The van der Waals surface area contributed by atoms with Gasteiger partial charge in [0.25, 0.3) is 0 Å². The summed E-state index contributed by atoms with van der Waals surface area (Å²) in [5, 5.41) is 12.1. The zero-order valence-electron chi connectivity index (χ0n) is 11.1.